The number of hydrogen-bond donors (Lipinski definition) is 1. The largest absolute Gasteiger partial charge is 0.494 e. The van der Waals surface area contributed by atoms with Crippen molar-refractivity contribution in [3.8, 4) is 11.4 Å². The molecule has 1 amide bonds. The number of hydrogen-bond acceptors (Lipinski definition) is 6. The van der Waals surface area contributed by atoms with Gasteiger partial charge in [-0.05, 0) is 73.5 Å². The Balaban J connectivity index is 1.71. The second-order valence-corrected chi connectivity index (χ2v) is 7.63. The Hall–Kier alpha value is -2.87. The summed E-state index contributed by atoms with van der Waals surface area (Å²) in [7, 11) is 0. The summed E-state index contributed by atoms with van der Waals surface area (Å²) in [5, 5.41) is 15.1. The SMILES string of the molecule is CCOc1ccc(NC(=O)[C@@H](C)Sc2nnnn2-c2c(C)cccc2C)cc1. The molecule has 0 bridgehead atoms. The van der Waals surface area contributed by atoms with Crippen LogP contribution in [0.3, 0.4) is 0 Å². The van der Waals surface area contributed by atoms with Crippen molar-refractivity contribution in [2.45, 2.75) is 38.1 Å². The number of anilines is 1. The normalized spacial score (nSPS) is 11.9. The summed E-state index contributed by atoms with van der Waals surface area (Å²) in [4.78, 5) is 12.6. The summed E-state index contributed by atoms with van der Waals surface area (Å²) in [5.74, 6) is 0.654. The zero-order chi connectivity index (χ0) is 20.1. The molecule has 8 heteroatoms. The fraction of sp³-hybridized carbons (Fsp3) is 0.300. The fourth-order valence-corrected chi connectivity index (χ4v) is 3.58. The molecule has 0 fully saturated rings. The molecule has 0 saturated carbocycles. The van der Waals surface area contributed by atoms with Gasteiger partial charge in [-0.1, -0.05) is 30.0 Å². The summed E-state index contributed by atoms with van der Waals surface area (Å²) in [6.45, 7) is 8.40. The Morgan fingerprint density at radius 1 is 1.18 bits per heavy atom. The van der Waals surface area contributed by atoms with Crippen molar-refractivity contribution in [1.82, 2.24) is 20.2 Å². The van der Waals surface area contributed by atoms with E-state index in [1.165, 1.54) is 11.8 Å². The second-order valence-electron chi connectivity index (χ2n) is 6.32. The number of carbonyl (C=O) groups is 1. The molecule has 0 aliphatic heterocycles. The lowest BCUT2D eigenvalue weighted by Crippen LogP contribution is -2.23. The van der Waals surface area contributed by atoms with Crippen LogP contribution < -0.4 is 10.1 Å². The van der Waals surface area contributed by atoms with Crippen LogP contribution in [0.15, 0.2) is 47.6 Å². The van der Waals surface area contributed by atoms with Crippen LogP contribution in [0.1, 0.15) is 25.0 Å². The van der Waals surface area contributed by atoms with E-state index in [2.05, 4.69) is 20.8 Å². The summed E-state index contributed by atoms with van der Waals surface area (Å²) in [6, 6.07) is 13.3. The van der Waals surface area contributed by atoms with Gasteiger partial charge < -0.3 is 10.1 Å². The van der Waals surface area contributed by atoms with Crippen molar-refractivity contribution >= 4 is 23.4 Å². The standard InChI is InChI=1S/C20H23N5O2S/c1-5-27-17-11-9-16(10-12-17)21-19(26)15(4)28-20-22-23-24-25(20)18-13(2)7-6-8-14(18)3/h6-12,15H,5H2,1-4H3,(H,21,26)/t15-/m1/s1. The van der Waals surface area contributed by atoms with Gasteiger partial charge in [-0.15, -0.1) is 5.10 Å². The third-order valence-electron chi connectivity index (χ3n) is 4.18. The zero-order valence-electron chi connectivity index (χ0n) is 16.3. The van der Waals surface area contributed by atoms with E-state index in [1.807, 2.05) is 70.2 Å². The summed E-state index contributed by atoms with van der Waals surface area (Å²) in [5.41, 5.74) is 3.80. The van der Waals surface area contributed by atoms with Gasteiger partial charge in [0.15, 0.2) is 0 Å². The van der Waals surface area contributed by atoms with E-state index in [1.54, 1.807) is 4.68 Å². The topological polar surface area (TPSA) is 81.9 Å². The first kappa shape index (κ1) is 19.9. The molecule has 146 valence electrons. The van der Waals surface area contributed by atoms with Gasteiger partial charge in [0, 0.05) is 5.69 Å². The lowest BCUT2D eigenvalue weighted by molar-refractivity contribution is -0.115. The number of thioether (sulfide) groups is 1. The van der Waals surface area contributed by atoms with Crippen molar-refractivity contribution in [2.24, 2.45) is 0 Å². The fourth-order valence-electron chi connectivity index (χ4n) is 2.79. The van der Waals surface area contributed by atoms with Crippen LogP contribution in [0.4, 0.5) is 5.69 Å². The highest BCUT2D eigenvalue weighted by Crippen LogP contribution is 2.27. The van der Waals surface area contributed by atoms with Gasteiger partial charge in [0.05, 0.1) is 17.5 Å². The molecule has 0 spiro atoms. The number of carbonyl (C=O) groups excluding carboxylic acids is 1. The molecule has 1 aromatic heterocycles. The van der Waals surface area contributed by atoms with E-state index in [-0.39, 0.29) is 11.2 Å². The monoisotopic (exact) mass is 397 g/mol. The van der Waals surface area contributed by atoms with Crippen LogP contribution in [0.25, 0.3) is 5.69 Å². The lowest BCUT2D eigenvalue weighted by Gasteiger charge is -2.14. The number of nitrogens with one attached hydrogen (secondary N) is 1. The number of amides is 1. The van der Waals surface area contributed by atoms with Gasteiger partial charge in [0.1, 0.15) is 5.75 Å². The van der Waals surface area contributed by atoms with Crippen molar-refractivity contribution in [3.05, 3.63) is 53.6 Å². The van der Waals surface area contributed by atoms with Crippen molar-refractivity contribution in [3.63, 3.8) is 0 Å². The van der Waals surface area contributed by atoms with Crippen LogP contribution in [0.2, 0.25) is 0 Å². The number of nitrogens with zero attached hydrogens (tertiary/aromatic N) is 4. The molecular formula is C20H23N5O2S. The molecule has 28 heavy (non-hydrogen) atoms. The van der Waals surface area contributed by atoms with E-state index in [9.17, 15) is 4.79 Å². The molecule has 2 aromatic carbocycles. The Kier molecular flexibility index (Phi) is 6.30. The predicted molar refractivity (Wildman–Crippen MR) is 110 cm³/mol. The third kappa shape index (κ3) is 4.51. The van der Waals surface area contributed by atoms with Gasteiger partial charge in [-0.25, -0.2) is 0 Å². The molecule has 7 nitrogen and oxygen atoms in total. The summed E-state index contributed by atoms with van der Waals surface area (Å²) < 4.78 is 7.11. The predicted octanol–water partition coefficient (Wildman–Crippen LogP) is 3.80. The Morgan fingerprint density at radius 2 is 1.86 bits per heavy atom. The van der Waals surface area contributed by atoms with E-state index in [0.717, 1.165) is 28.3 Å². The highest BCUT2D eigenvalue weighted by Gasteiger charge is 2.20. The van der Waals surface area contributed by atoms with E-state index >= 15 is 0 Å². The first-order chi connectivity index (χ1) is 13.5. The van der Waals surface area contributed by atoms with Gasteiger partial charge >= 0.3 is 0 Å². The van der Waals surface area contributed by atoms with Crippen molar-refractivity contribution < 1.29 is 9.53 Å². The van der Waals surface area contributed by atoms with Crippen molar-refractivity contribution in [1.29, 1.82) is 0 Å². The molecule has 1 N–H and O–H groups in total. The van der Waals surface area contributed by atoms with E-state index < -0.39 is 0 Å². The zero-order valence-corrected chi connectivity index (χ0v) is 17.2. The first-order valence-corrected chi connectivity index (χ1v) is 9.93. The maximum absolute atomic E-state index is 12.6. The van der Waals surface area contributed by atoms with Gasteiger partial charge in [-0.3, -0.25) is 4.79 Å². The number of aromatic nitrogens is 4. The Morgan fingerprint density at radius 3 is 2.50 bits per heavy atom. The van der Waals surface area contributed by atoms with Crippen molar-refractivity contribution in [2.75, 3.05) is 11.9 Å². The third-order valence-corrected chi connectivity index (χ3v) is 5.21. The van der Waals surface area contributed by atoms with Crippen LogP contribution >= 0.6 is 11.8 Å². The molecule has 3 aromatic rings. The van der Waals surface area contributed by atoms with E-state index in [4.69, 9.17) is 4.74 Å². The number of aryl methyl sites for hydroxylation is 2. The molecule has 3 rings (SSSR count). The van der Waals surface area contributed by atoms with Crippen LogP contribution in [-0.2, 0) is 4.79 Å². The van der Waals surface area contributed by atoms with Crippen LogP contribution in [0.5, 0.6) is 5.75 Å². The van der Waals surface area contributed by atoms with Crippen LogP contribution in [0, 0.1) is 13.8 Å². The smallest absolute Gasteiger partial charge is 0.237 e. The van der Waals surface area contributed by atoms with E-state index in [0.29, 0.717) is 11.8 Å². The molecule has 1 atom stereocenters. The maximum Gasteiger partial charge on any atom is 0.237 e. The second kappa shape index (κ2) is 8.88. The lowest BCUT2D eigenvalue weighted by atomic mass is 10.1. The molecule has 0 unspecified atom stereocenters. The molecule has 0 saturated heterocycles. The van der Waals surface area contributed by atoms with Crippen LogP contribution in [-0.4, -0.2) is 38.0 Å². The number of rotatable bonds is 7. The average Bonchev–Trinajstić information content (AvgIpc) is 3.11. The average molecular weight is 398 g/mol. The molecule has 0 aliphatic carbocycles. The highest BCUT2D eigenvalue weighted by atomic mass is 32.2. The quantitative estimate of drug-likeness (QED) is 0.611. The number of para-hydroxylation sites is 1. The minimum absolute atomic E-state index is 0.120. The minimum Gasteiger partial charge on any atom is -0.494 e. The Labute approximate surface area is 168 Å². The number of benzene rings is 2. The molecule has 0 aliphatic rings. The van der Waals surface area contributed by atoms with Gasteiger partial charge in [0.2, 0.25) is 11.1 Å². The van der Waals surface area contributed by atoms with Gasteiger partial charge in [-0.2, -0.15) is 4.68 Å². The summed E-state index contributed by atoms with van der Waals surface area (Å²) in [6.07, 6.45) is 0. The highest BCUT2D eigenvalue weighted by molar-refractivity contribution is 8.00. The summed E-state index contributed by atoms with van der Waals surface area (Å²) >= 11 is 1.32. The maximum atomic E-state index is 12.6. The Bertz CT molecular complexity index is 935. The number of ether oxygens (including phenoxy) is 1. The minimum atomic E-state index is -0.374. The molecular weight excluding hydrogens is 374 g/mol. The number of tetrazole rings is 1. The first-order valence-electron chi connectivity index (χ1n) is 9.05. The van der Waals surface area contributed by atoms with Gasteiger partial charge in [0.25, 0.3) is 0 Å². The molecule has 1 heterocycles. The molecule has 0 radical (unpaired) electrons.